The molecule has 0 aromatic heterocycles. The van der Waals surface area contributed by atoms with Crippen molar-refractivity contribution in [3.8, 4) is 0 Å². The molecule has 0 heterocycles. The molecule has 0 unspecified atom stereocenters. The maximum absolute atomic E-state index is 13.2. The van der Waals surface area contributed by atoms with Crippen molar-refractivity contribution in [3.63, 3.8) is 0 Å². The van der Waals surface area contributed by atoms with Crippen molar-refractivity contribution in [1.29, 1.82) is 0 Å². The summed E-state index contributed by atoms with van der Waals surface area (Å²) >= 11 is 5.28. The number of carbonyl (C=O) groups excluding carboxylic acids is 1. The standard InChI is InChI=1S/C10H11ClFNO2/c11-4-10(15)13-5-7-1-2-8(6-14)9(12)3-7/h1-3,14H,4-6H2,(H,13,15). The van der Waals surface area contributed by atoms with Crippen LogP contribution in [0.4, 0.5) is 4.39 Å². The fourth-order valence-electron chi connectivity index (χ4n) is 1.08. The zero-order chi connectivity index (χ0) is 11.3. The molecule has 5 heteroatoms. The number of aliphatic hydroxyl groups is 1. The van der Waals surface area contributed by atoms with Crippen LogP contribution < -0.4 is 5.32 Å². The second kappa shape index (κ2) is 5.68. The Labute approximate surface area is 91.9 Å². The van der Waals surface area contributed by atoms with Crippen LogP contribution in [0.25, 0.3) is 0 Å². The topological polar surface area (TPSA) is 49.3 Å². The van der Waals surface area contributed by atoms with E-state index in [1.165, 1.54) is 12.1 Å². The van der Waals surface area contributed by atoms with Crippen LogP contribution in [0.2, 0.25) is 0 Å². The number of benzene rings is 1. The summed E-state index contributed by atoms with van der Waals surface area (Å²) < 4.78 is 13.2. The predicted octanol–water partition coefficient (Wildman–Crippen LogP) is 1.17. The fourth-order valence-corrected chi connectivity index (χ4v) is 1.17. The van der Waals surface area contributed by atoms with Crippen LogP contribution in [0.3, 0.4) is 0 Å². The number of alkyl halides is 1. The van der Waals surface area contributed by atoms with Crippen LogP contribution in [0, 0.1) is 5.82 Å². The number of aliphatic hydroxyl groups excluding tert-OH is 1. The SMILES string of the molecule is O=C(CCl)NCc1ccc(CO)c(F)c1. The van der Waals surface area contributed by atoms with Gasteiger partial charge < -0.3 is 10.4 Å². The number of nitrogens with one attached hydrogen (secondary N) is 1. The second-order valence-electron chi connectivity index (χ2n) is 2.99. The van der Waals surface area contributed by atoms with Gasteiger partial charge in [0.05, 0.1) is 6.61 Å². The highest BCUT2D eigenvalue weighted by atomic mass is 35.5. The highest BCUT2D eigenvalue weighted by Crippen LogP contribution is 2.10. The molecule has 0 bridgehead atoms. The van der Waals surface area contributed by atoms with Crippen molar-refractivity contribution in [2.24, 2.45) is 0 Å². The van der Waals surface area contributed by atoms with E-state index in [9.17, 15) is 9.18 Å². The number of carbonyl (C=O) groups is 1. The summed E-state index contributed by atoms with van der Waals surface area (Å²) in [6.07, 6.45) is 0. The predicted molar refractivity (Wildman–Crippen MR) is 54.9 cm³/mol. The molecule has 1 amide bonds. The Morgan fingerprint density at radius 3 is 2.80 bits per heavy atom. The molecule has 0 spiro atoms. The normalized spacial score (nSPS) is 10.1. The zero-order valence-electron chi connectivity index (χ0n) is 7.96. The van der Waals surface area contributed by atoms with Gasteiger partial charge in [0.2, 0.25) is 5.91 Å². The highest BCUT2D eigenvalue weighted by Gasteiger charge is 2.03. The van der Waals surface area contributed by atoms with Gasteiger partial charge in [-0.25, -0.2) is 4.39 Å². The van der Waals surface area contributed by atoms with Gasteiger partial charge in [-0.05, 0) is 11.6 Å². The molecular formula is C10H11ClFNO2. The van der Waals surface area contributed by atoms with Crippen molar-refractivity contribution >= 4 is 17.5 Å². The van der Waals surface area contributed by atoms with Crippen LogP contribution in [0.1, 0.15) is 11.1 Å². The Morgan fingerprint density at radius 1 is 1.53 bits per heavy atom. The van der Waals surface area contributed by atoms with E-state index in [4.69, 9.17) is 16.7 Å². The molecular weight excluding hydrogens is 221 g/mol. The highest BCUT2D eigenvalue weighted by molar-refractivity contribution is 6.27. The number of amides is 1. The summed E-state index contributed by atoms with van der Waals surface area (Å²) in [4.78, 5) is 10.8. The molecule has 0 aliphatic heterocycles. The first-order chi connectivity index (χ1) is 7.17. The van der Waals surface area contributed by atoms with E-state index < -0.39 is 5.82 Å². The van der Waals surface area contributed by atoms with Crippen molar-refractivity contribution in [2.45, 2.75) is 13.2 Å². The molecule has 3 nitrogen and oxygen atoms in total. The van der Waals surface area contributed by atoms with E-state index in [2.05, 4.69) is 5.32 Å². The van der Waals surface area contributed by atoms with Gasteiger partial charge in [-0.2, -0.15) is 0 Å². The molecule has 0 saturated heterocycles. The van der Waals surface area contributed by atoms with Gasteiger partial charge in [-0.1, -0.05) is 12.1 Å². The smallest absolute Gasteiger partial charge is 0.235 e. The van der Waals surface area contributed by atoms with Gasteiger partial charge in [0, 0.05) is 12.1 Å². The lowest BCUT2D eigenvalue weighted by molar-refractivity contribution is -0.118. The maximum Gasteiger partial charge on any atom is 0.235 e. The van der Waals surface area contributed by atoms with Crippen LogP contribution in [-0.2, 0) is 17.9 Å². The van der Waals surface area contributed by atoms with Crippen LogP contribution in [-0.4, -0.2) is 16.9 Å². The minimum Gasteiger partial charge on any atom is -0.392 e. The van der Waals surface area contributed by atoms with E-state index >= 15 is 0 Å². The van der Waals surface area contributed by atoms with Gasteiger partial charge in [0.1, 0.15) is 11.7 Å². The lowest BCUT2D eigenvalue weighted by Crippen LogP contribution is -2.23. The fraction of sp³-hybridized carbons (Fsp3) is 0.300. The van der Waals surface area contributed by atoms with E-state index in [-0.39, 0.29) is 30.5 Å². The molecule has 0 aliphatic rings. The molecule has 0 radical (unpaired) electrons. The molecule has 0 atom stereocenters. The first-order valence-electron chi connectivity index (χ1n) is 4.38. The molecule has 2 N–H and O–H groups in total. The average Bonchev–Trinajstić information content (AvgIpc) is 2.26. The third-order valence-electron chi connectivity index (χ3n) is 1.90. The lowest BCUT2D eigenvalue weighted by atomic mass is 10.1. The third-order valence-corrected chi connectivity index (χ3v) is 2.14. The first-order valence-corrected chi connectivity index (χ1v) is 4.91. The number of hydrogen-bond donors (Lipinski definition) is 2. The van der Waals surface area contributed by atoms with Crippen LogP contribution >= 0.6 is 11.6 Å². The summed E-state index contributed by atoms with van der Waals surface area (Å²) in [5.41, 5.74) is 0.866. The van der Waals surface area contributed by atoms with Crippen LogP contribution in [0.15, 0.2) is 18.2 Å². The average molecular weight is 232 g/mol. The van der Waals surface area contributed by atoms with Crippen molar-refractivity contribution in [3.05, 3.63) is 35.1 Å². The third kappa shape index (κ3) is 3.49. The monoisotopic (exact) mass is 231 g/mol. The van der Waals surface area contributed by atoms with Gasteiger partial charge >= 0.3 is 0 Å². The van der Waals surface area contributed by atoms with Gasteiger partial charge in [0.25, 0.3) is 0 Å². The maximum atomic E-state index is 13.2. The summed E-state index contributed by atoms with van der Waals surface area (Å²) in [6, 6.07) is 4.40. The van der Waals surface area contributed by atoms with Gasteiger partial charge in [-0.15, -0.1) is 11.6 Å². The molecule has 0 aliphatic carbocycles. The minimum atomic E-state index is -0.477. The Kier molecular flexibility index (Phi) is 4.52. The summed E-state index contributed by atoms with van der Waals surface area (Å²) in [5, 5.41) is 11.3. The van der Waals surface area contributed by atoms with E-state index in [0.717, 1.165) is 0 Å². The zero-order valence-corrected chi connectivity index (χ0v) is 8.72. The Balaban J connectivity index is 2.63. The molecule has 0 saturated carbocycles. The first kappa shape index (κ1) is 11.9. The molecule has 1 rings (SSSR count). The van der Waals surface area contributed by atoms with E-state index in [1.54, 1.807) is 6.07 Å². The largest absolute Gasteiger partial charge is 0.392 e. The number of halogens is 2. The molecule has 0 fully saturated rings. The minimum absolute atomic E-state index is 0.114. The summed E-state index contributed by atoms with van der Waals surface area (Å²) in [5.74, 6) is -0.893. The summed E-state index contributed by atoms with van der Waals surface area (Å²) in [7, 11) is 0. The van der Waals surface area contributed by atoms with E-state index in [0.29, 0.717) is 5.56 Å². The van der Waals surface area contributed by atoms with Gasteiger partial charge in [-0.3, -0.25) is 4.79 Å². The Morgan fingerprint density at radius 2 is 2.27 bits per heavy atom. The molecule has 15 heavy (non-hydrogen) atoms. The Bertz CT molecular complexity index is 357. The van der Waals surface area contributed by atoms with Gasteiger partial charge in [0.15, 0.2) is 0 Å². The quantitative estimate of drug-likeness (QED) is 0.765. The van der Waals surface area contributed by atoms with Crippen molar-refractivity contribution in [2.75, 3.05) is 5.88 Å². The Hall–Kier alpha value is -1.13. The summed E-state index contributed by atoms with van der Waals surface area (Å²) in [6.45, 7) is -0.103. The van der Waals surface area contributed by atoms with E-state index in [1.807, 2.05) is 0 Å². The van der Waals surface area contributed by atoms with Crippen molar-refractivity contribution in [1.82, 2.24) is 5.32 Å². The molecule has 1 aromatic rings. The van der Waals surface area contributed by atoms with Crippen molar-refractivity contribution < 1.29 is 14.3 Å². The number of rotatable bonds is 4. The lowest BCUT2D eigenvalue weighted by Gasteiger charge is -2.05. The molecule has 82 valence electrons. The second-order valence-corrected chi connectivity index (χ2v) is 3.26. The van der Waals surface area contributed by atoms with Crippen LogP contribution in [0.5, 0.6) is 0 Å². The number of hydrogen-bond acceptors (Lipinski definition) is 2. The molecule has 1 aromatic carbocycles.